The van der Waals surface area contributed by atoms with E-state index in [4.69, 9.17) is 10.00 Å². The summed E-state index contributed by atoms with van der Waals surface area (Å²) in [7, 11) is 0. The van der Waals surface area contributed by atoms with E-state index in [2.05, 4.69) is 25.3 Å². The van der Waals surface area contributed by atoms with Gasteiger partial charge in [-0.25, -0.2) is 15.0 Å². The van der Waals surface area contributed by atoms with E-state index in [-0.39, 0.29) is 24.7 Å². The summed E-state index contributed by atoms with van der Waals surface area (Å²) < 4.78 is 7.13. The number of amides is 1. The minimum Gasteiger partial charge on any atom is -0.363 e. The Bertz CT molecular complexity index is 965. The molecule has 3 aromatic heterocycles. The monoisotopic (exact) mass is 365 g/mol. The van der Waals surface area contributed by atoms with Crippen molar-refractivity contribution in [1.82, 2.24) is 29.8 Å². The summed E-state index contributed by atoms with van der Waals surface area (Å²) in [6, 6.07) is 3.87. The summed E-state index contributed by atoms with van der Waals surface area (Å²) in [6.45, 7) is 0.116. The SMILES string of the molecule is N#CCO[C@H]1CC[C@H](NC(=O)c2nc(-n3ccnc3)nc3cc[nH]c23)CC1. The van der Waals surface area contributed by atoms with Gasteiger partial charge < -0.3 is 15.0 Å². The number of hydrogen-bond donors (Lipinski definition) is 2. The molecule has 4 rings (SSSR count). The molecule has 0 bridgehead atoms. The third kappa shape index (κ3) is 3.66. The fourth-order valence-electron chi connectivity index (χ4n) is 3.37. The molecule has 0 saturated heterocycles. The molecule has 0 spiro atoms. The molecular formula is C18H19N7O2. The van der Waals surface area contributed by atoms with Gasteiger partial charge in [0.1, 0.15) is 12.9 Å². The first-order valence-electron chi connectivity index (χ1n) is 8.87. The highest BCUT2D eigenvalue weighted by molar-refractivity contribution is 6.03. The van der Waals surface area contributed by atoms with Crippen molar-refractivity contribution in [1.29, 1.82) is 5.26 Å². The van der Waals surface area contributed by atoms with Gasteiger partial charge in [0.05, 0.1) is 23.2 Å². The maximum absolute atomic E-state index is 12.9. The highest BCUT2D eigenvalue weighted by Crippen LogP contribution is 2.22. The van der Waals surface area contributed by atoms with Crippen molar-refractivity contribution >= 4 is 16.9 Å². The molecule has 0 atom stereocenters. The first-order chi connectivity index (χ1) is 13.2. The molecule has 2 N–H and O–H groups in total. The summed E-state index contributed by atoms with van der Waals surface area (Å²) in [6.07, 6.45) is 10.1. The molecule has 1 amide bonds. The van der Waals surface area contributed by atoms with Crippen LogP contribution >= 0.6 is 0 Å². The Labute approximate surface area is 155 Å². The average molecular weight is 365 g/mol. The molecule has 1 aliphatic rings. The first kappa shape index (κ1) is 17.2. The van der Waals surface area contributed by atoms with Crippen LogP contribution in [0.4, 0.5) is 0 Å². The van der Waals surface area contributed by atoms with E-state index in [1.807, 2.05) is 12.1 Å². The van der Waals surface area contributed by atoms with Crippen molar-refractivity contribution in [2.24, 2.45) is 0 Å². The molecule has 27 heavy (non-hydrogen) atoms. The lowest BCUT2D eigenvalue weighted by molar-refractivity contribution is 0.0411. The Kier molecular flexibility index (Phi) is 4.80. The Morgan fingerprint density at radius 3 is 2.96 bits per heavy atom. The molecule has 1 aliphatic carbocycles. The zero-order valence-electron chi connectivity index (χ0n) is 14.6. The molecule has 3 heterocycles. The van der Waals surface area contributed by atoms with Gasteiger partial charge in [0, 0.05) is 24.6 Å². The lowest BCUT2D eigenvalue weighted by Crippen LogP contribution is -2.39. The van der Waals surface area contributed by atoms with Gasteiger partial charge in [-0.15, -0.1) is 0 Å². The van der Waals surface area contributed by atoms with E-state index in [0.717, 1.165) is 25.7 Å². The van der Waals surface area contributed by atoms with Crippen LogP contribution in [0.15, 0.2) is 31.0 Å². The number of ether oxygens (including phenoxy) is 1. The molecule has 0 aromatic carbocycles. The number of rotatable bonds is 5. The van der Waals surface area contributed by atoms with E-state index in [9.17, 15) is 4.79 Å². The molecule has 0 radical (unpaired) electrons. The molecular weight excluding hydrogens is 346 g/mol. The van der Waals surface area contributed by atoms with Crippen LogP contribution in [0.5, 0.6) is 0 Å². The Morgan fingerprint density at radius 2 is 2.22 bits per heavy atom. The minimum absolute atomic E-state index is 0.0658. The molecule has 9 nitrogen and oxygen atoms in total. The van der Waals surface area contributed by atoms with Crippen LogP contribution in [0.2, 0.25) is 0 Å². The van der Waals surface area contributed by atoms with Crippen molar-refractivity contribution in [2.45, 2.75) is 37.8 Å². The van der Waals surface area contributed by atoms with Gasteiger partial charge in [0.15, 0.2) is 5.69 Å². The Hall–Kier alpha value is -3.25. The smallest absolute Gasteiger partial charge is 0.272 e. The molecule has 1 saturated carbocycles. The number of nitrogens with zero attached hydrogens (tertiary/aromatic N) is 5. The number of imidazole rings is 1. The number of H-pyrrole nitrogens is 1. The summed E-state index contributed by atoms with van der Waals surface area (Å²) in [5.74, 6) is 0.172. The Morgan fingerprint density at radius 1 is 1.37 bits per heavy atom. The second-order valence-corrected chi connectivity index (χ2v) is 6.50. The highest BCUT2D eigenvalue weighted by Gasteiger charge is 2.25. The number of nitriles is 1. The van der Waals surface area contributed by atoms with Gasteiger partial charge >= 0.3 is 0 Å². The zero-order valence-corrected chi connectivity index (χ0v) is 14.6. The standard InChI is InChI=1S/C18H19N7O2/c19-6-10-27-13-3-1-12(2-4-13)22-17(26)16-15-14(5-7-21-15)23-18(24-16)25-9-8-20-11-25/h5,7-9,11-13,21H,1-4,10H2,(H,22,26)/t12-,13-. The maximum atomic E-state index is 12.9. The van der Waals surface area contributed by atoms with E-state index in [1.54, 1.807) is 29.5 Å². The maximum Gasteiger partial charge on any atom is 0.272 e. The van der Waals surface area contributed by atoms with Gasteiger partial charge in [-0.3, -0.25) is 9.36 Å². The van der Waals surface area contributed by atoms with E-state index >= 15 is 0 Å². The number of aromatic amines is 1. The summed E-state index contributed by atoms with van der Waals surface area (Å²) >= 11 is 0. The van der Waals surface area contributed by atoms with Crippen LogP contribution in [0.3, 0.4) is 0 Å². The fourth-order valence-corrected chi connectivity index (χ4v) is 3.37. The molecule has 3 aromatic rings. The second-order valence-electron chi connectivity index (χ2n) is 6.50. The third-order valence-corrected chi connectivity index (χ3v) is 4.74. The summed E-state index contributed by atoms with van der Waals surface area (Å²) in [5.41, 5.74) is 1.60. The van der Waals surface area contributed by atoms with Crippen LogP contribution in [-0.2, 0) is 4.74 Å². The predicted octanol–water partition coefficient (Wildman–Crippen LogP) is 1.72. The molecule has 0 unspecified atom stereocenters. The topological polar surface area (TPSA) is 122 Å². The van der Waals surface area contributed by atoms with Crippen molar-refractivity contribution in [3.63, 3.8) is 0 Å². The zero-order chi connectivity index (χ0) is 18.6. The van der Waals surface area contributed by atoms with Gasteiger partial charge in [0.25, 0.3) is 5.91 Å². The fraction of sp³-hybridized carbons (Fsp3) is 0.389. The van der Waals surface area contributed by atoms with Crippen LogP contribution in [-0.4, -0.2) is 49.2 Å². The van der Waals surface area contributed by atoms with Crippen LogP contribution < -0.4 is 5.32 Å². The molecule has 0 aliphatic heterocycles. The normalized spacial score (nSPS) is 19.7. The van der Waals surface area contributed by atoms with Gasteiger partial charge in [-0.1, -0.05) is 0 Å². The quantitative estimate of drug-likeness (QED) is 0.710. The van der Waals surface area contributed by atoms with Gasteiger partial charge in [-0.2, -0.15) is 5.26 Å². The first-order valence-corrected chi connectivity index (χ1v) is 8.87. The lowest BCUT2D eigenvalue weighted by Gasteiger charge is -2.28. The number of aromatic nitrogens is 5. The number of carbonyl (C=O) groups excluding carboxylic acids is 1. The average Bonchev–Trinajstić information content (AvgIpc) is 3.38. The van der Waals surface area contributed by atoms with Crippen molar-refractivity contribution < 1.29 is 9.53 Å². The second kappa shape index (κ2) is 7.55. The summed E-state index contributed by atoms with van der Waals surface area (Å²) in [5, 5.41) is 11.7. The Balaban J connectivity index is 1.50. The predicted molar refractivity (Wildman–Crippen MR) is 96.1 cm³/mol. The number of fused-ring (bicyclic) bond motifs is 1. The van der Waals surface area contributed by atoms with E-state index in [0.29, 0.717) is 22.7 Å². The van der Waals surface area contributed by atoms with E-state index in [1.165, 1.54) is 0 Å². The third-order valence-electron chi connectivity index (χ3n) is 4.74. The number of hydrogen-bond acceptors (Lipinski definition) is 6. The lowest BCUT2D eigenvalue weighted by atomic mass is 9.93. The minimum atomic E-state index is -0.229. The number of carbonyl (C=O) groups is 1. The van der Waals surface area contributed by atoms with Gasteiger partial charge in [0.2, 0.25) is 5.95 Å². The highest BCUT2D eigenvalue weighted by atomic mass is 16.5. The number of nitrogens with one attached hydrogen (secondary N) is 2. The molecule has 138 valence electrons. The van der Waals surface area contributed by atoms with Crippen molar-refractivity contribution in [3.8, 4) is 12.0 Å². The largest absolute Gasteiger partial charge is 0.363 e. The van der Waals surface area contributed by atoms with Crippen LogP contribution in [0.1, 0.15) is 36.2 Å². The molecule has 1 fully saturated rings. The van der Waals surface area contributed by atoms with Crippen molar-refractivity contribution in [2.75, 3.05) is 6.61 Å². The molecule has 9 heteroatoms. The van der Waals surface area contributed by atoms with Crippen LogP contribution in [0, 0.1) is 11.3 Å². The van der Waals surface area contributed by atoms with E-state index < -0.39 is 0 Å². The summed E-state index contributed by atoms with van der Waals surface area (Å²) in [4.78, 5) is 28.8. The van der Waals surface area contributed by atoms with Gasteiger partial charge in [-0.05, 0) is 31.7 Å². The van der Waals surface area contributed by atoms with Crippen molar-refractivity contribution in [3.05, 3.63) is 36.7 Å². The van der Waals surface area contributed by atoms with Crippen LogP contribution in [0.25, 0.3) is 17.0 Å².